The van der Waals surface area contributed by atoms with Crippen LogP contribution in [0.25, 0.3) is 0 Å². The fourth-order valence-electron chi connectivity index (χ4n) is 2.75. The minimum Gasteiger partial charge on any atom is -0.381 e. The molecule has 1 heterocycles. The molecule has 0 bridgehead atoms. The molecular weight excluding hydrogens is 224 g/mol. The monoisotopic (exact) mass is 256 g/mol. The average Bonchev–Trinajstić information content (AvgIpc) is 2.36. The lowest BCUT2D eigenvalue weighted by molar-refractivity contribution is 0.0946. The van der Waals surface area contributed by atoms with Crippen LogP contribution in [0.5, 0.6) is 0 Å². The number of hydrogen-bond acceptors (Lipinski definition) is 3. The van der Waals surface area contributed by atoms with Crippen molar-refractivity contribution in [2.24, 2.45) is 0 Å². The summed E-state index contributed by atoms with van der Waals surface area (Å²) >= 11 is 0. The highest BCUT2D eigenvalue weighted by atomic mass is 16.5. The van der Waals surface area contributed by atoms with Gasteiger partial charge < -0.3 is 15.0 Å². The van der Waals surface area contributed by atoms with E-state index in [0.29, 0.717) is 0 Å². The molecule has 0 aromatic heterocycles. The Bertz CT molecular complexity index is 199. The van der Waals surface area contributed by atoms with Crippen LogP contribution in [-0.4, -0.2) is 49.8 Å². The molecule has 0 aromatic carbocycles. The number of nitrogens with one attached hydrogen (secondary N) is 1. The number of likely N-dealkylation sites (tertiary alicyclic amines) is 1. The van der Waals surface area contributed by atoms with Crippen LogP contribution in [0.1, 0.15) is 52.9 Å². The molecule has 1 fully saturated rings. The van der Waals surface area contributed by atoms with Gasteiger partial charge in [-0.2, -0.15) is 0 Å². The van der Waals surface area contributed by atoms with Crippen LogP contribution in [0.4, 0.5) is 0 Å². The van der Waals surface area contributed by atoms with Crippen LogP contribution in [0.2, 0.25) is 0 Å². The van der Waals surface area contributed by atoms with Crippen LogP contribution in [-0.2, 0) is 4.74 Å². The van der Waals surface area contributed by atoms with Crippen LogP contribution >= 0.6 is 0 Å². The fourth-order valence-corrected chi connectivity index (χ4v) is 2.75. The highest BCUT2D eigenvalue weighted by molar-refractivity contribution is 4.82. The zero-order valence-corrected chi connectivity index (χ0v) is 12.6. The van der Waals surface area contributed by atoms with E-state index in [1.54, 1.807) is 0 Å². The highest BCUT2D eigenvalue weighted by Crippen LogP contribution is 2.17. The van der Waals surface area contributed by atoms with Crippen LogP contribution in [0.3, 0.4) is 0 Å². The number of nitrogens with zero attached hydrogens (tertiary/aromatic N) is 1. The molecule has 0 saturated carbocycles. The van der Waals surface area contributed by atoms with E-state index < -0.39 is 0 Å². The molecule has 3 nitrogen and oxygen atoms in total. The Morgan fingerprint density at radius 1 is 1.22 bits per heavy atom. The van der Waals surface area contributed by atoms with Gasteiger partial charge in [-0.15, -0.1) is 0 Å². The third-order valence-corrected chi connectivity index (χ3v) is 3.88. The van der Waals surface area contributed by atoms with Crippen molar-refractivity contribution in [2.45, 2.75) is 65.0 Å². The van der Waals surface area contributed by atoms with Crippen molar-refractivity contribution in [1.82, 2.24) is 10.2 Å². The first-order valence-corrected chi connectivity index (χ1v) is 7.83. The lowest BCUT2D eigenvalue weighted by atomic mass is 9.98. The first kappa shape index (κ1) is 15.9. The predicted molar refractivity (Wildman–Crippen MR) is 78.1 cm³/mol. The summed E-state index contributed by atoms with van der Waals surface area (Å²) in [6.07, 6.45) is 6.21. The Morgan fingerprint density at radius 2 is 2.00 bits per heavy atom. The summed E-state index contributed by atoms with van der Waals surface area (Å²) in [6.45, 7) is 12.2. The average molecular weight is 256 g/mol. The molecule has 18 heavy (non-hydrogen) atoms. The lowest BCUT2D eigenvalue weighted by Gasteiger charge is -2.38. The van der Waals surface area contributed by atoms with Crippen LogP contribution in [0, 0.1) is 0 Å². The maximum atomic E-state index is 5.62. The molecular formula is C15H32N2O. The molecule has 1 aliphatic rings. The molecule has 0 aromatic rings. The highest BCUT2D eigenvalue weighted by Gasteiger charge is 2.23. The SMILES string of the molecule is CCCCOCCCN1CCC(NCC)CC1C. The van der Waals surface area contributed by atoms with E-state index in [9.17, 15) is 0 Å². The molecule has 0 spiro atoms. The summed E-state index contributed by atoms with van der Waals surface area (Å²) in [6, 6.07) is 1.46. The minimum atomic E-state index is 0.721. The Labute approximate surface area is 113 Å². The summed E-state index contributed by atoms with van der Waals surface area (Å²) in [5, 5.41) is 3.57. The molecule has 0 aliphatic carbocycles. The van der Waals surface area contributed by atoms with Crippen molar-refractivity contribution in [3.05, 3.63) is 0 Å². The van der Waals surface area contributed by atoms with E-state index in [1.807, 2.05) is 0 Å². The number of rotatable bonds is 9. The van der Waals surface area contributed by atoms with Crippen LogP contribution < -0.4 is 5.32 Å². The minimum absolute atomic E-state index is 0.721. The molecule has 3 heteroatoms. The van der Waals surface area contributed by atoms with Crippen molar-refractivity contribution in [1.29, 1.82) is 0 Å². The molecule has 1 rings (SSSR count). The van der Waals surface area contributed by atoms with Crippen molar-refractivity contribution in [3.8, 4) is 0 Å². The van der Waals surface area contributed by atoms with Gasteiger partial charge in [-0.1, -0.05) is 20.3 Å². The van der Waals surface area contributed by atoms with Gasteiger partial charge in [-0.3, -0.25) is 0 Å². The summed E-state index contributed by atoms with van der Waals surface area (Å²) in [4.78, 5) is 2.62. The van der Waals surface area contributed by atoms with Gasteiger partial charge in [-0.25, -0.2) is 0 Å². The largest absolute Gasteiger partial charge is 0.381 e. The normalized spacial score (nSPS) is 25.5. The van der Waals surface area contributed by atoms with Gasteiger partial charge in [-0.05, 0) is 45.7 Å². The molecule has 108 valence electrons. The van der Waals surface area contributed by atoms with Gasteiger partial charge >= 0.3 is 0 Å². The Balaban J connectivity index is 2.05. The molecule has 0 amide bonds. The predicted octanol–water partition coefficient (Wildman–Crippen LogP) is 2.66. The van der Waals surface area contributed by atoms with Crippen molar-refractivity contribution in [3.63, 3.8) is 0 Å². The molecule has 2 atom stereocenters. The van der Waals surface area contributed by atoms with E-state index in [-0.39, 0.29) is 0 Å². The van der Waals surface area contributed by atoms with Crippen molar-refractivity contribution in [2.75, 3.05) is 32.8 Å². The summed E-state index contributed by atoms with van der Waals surface area (Å²) in [5.41, 5.74) is 0. The van der Waals surface area contributed by atoms with Gasteiger partial charge in [0.25, 0.3) is 0 Å². The van der Waals surface area contributed by atoms with E-state index in [0.717, 1.165) is 31.8 Å². The second-order valence-corrected chi connectivity index (χ2v) is 5.48. The maximum Gasteiger partial charge on any atom is 0.0478 e. The Hall–Kier alpha value is -0.120. The second kappa shape index (κ2) is 9.76. The topological polar surface area (TPSA) is 24.5 Å². The summed E-state index contributed by atoms with van der Waals surface area (Å²) in [7, 11) is 0. The molecule has 1 N–H and O–H groups in total. The molecule has 1 aliphatic heterocycles. The third-order valence-electron chi connectivity index (χ3n) is 3.88. The fraction of sp³-hybridized carbons (Fsp3) is 1.00. The number of ether oxygens (including phenoxy) is 1. The zero-order valence-electron chi connectivity index (χ0n) is 12.6. The zero-order chi connectivity index (χ0) is 13.2. The first-order valence-electron chi connectivity index (χ1n) is 7.83. The van der Waals surface area contributed by atoms with Crippen molar-refractivity contribution >= 4 is 0 Å². The number of piperidine rings is 1. The van der Waals surface area contributed by atoms with Gasteiger partial charge in [0.15, 0.2) is 0 Å². The third kappa shape index (κ3) is 6.17. The summed E-state index contributed by atoms with van der Waals surface area (Å²) < 4.78 is 5.62. The number of unbranched alkanes of at least 4 members (excludes halogenated alkanes) is 1. The number of hydrogen-bond donors (Lipinski definition) is 1. The molecule has 2 unspecified atom stereocenters. The summed E-state index contributed by atoms with van der Waals surface area (Å²) in [5.74, 6) is 0. The Kier molecular flexibility index (Phi) is 8.64. The van der Waals surface area contributed by atoms with E-state index in [2.05, 4.69) is 31.0 Å². The van der Waals surface area contributed by atoms with E-state index >= 15 is 0 Å². The van der Waals surface area contributed by atoms with Gasteiger partial charge in [0.1, 0.15) is 0 Å². The maximum absolute atomic E-state index is 5.62. The first-order chi connectivity index (χ1) is 8.77. The van der Waals surface area contributed by atoms with Crippen molar-refractivity contribution < 1.29 is 4.74 Å². The standard InChI is InChI=1S/C15H32N2O/c1-4-6-11-18-12-7-9-17-10-8-15(16-5-2)13-14(17)3/h14-16H,4-13H2,1-3H3. The van der Waals surface area contributed by atoms with Crippen LogP contribution in [0.15, 0.2) is 0 Å². The van der Waals surface area contributed by atoms with E-state index in [4.69, 9.17) is 4.74 Å². The molecule has 1 saturated heterocycles. The smallest absolute Gasteiger partial charge is 0.0478 e. The van der Waals surface area contributed by atoms with Gasteiger partial charge in [0.05, 0.1) is 0 Å². The quantitative estimate of drug-likeness (QED) is 0.642. The Morgan fingerprint density at radius 3 is 2.67 bits per heavy atom. The van der Waals surface area contributed by atoms with Gasteiger partial charge in [0, 0.05) is 31.8 Å². The second-order valence-electron chi connectivity index (χ2n) is 5.48. The lowest BCUT2D eigenvalue weighted by Crippen LogP contribution is -2.47. The molecule has 0 radical (unpaired) electrons. The van der Waals surface area contributed by atoms with E-state index in [1.165, 1.54) is 45.2 Å². The van der Waals surface area contributed by atoms with Gasteiger partial charge in [0.2, 0.25) is 0 Å².